The van der Waals surface area contributed by atoms with Crippen LogP contribution in [0.3, 0.4) is 0 Å². The van der Waals surface area contributed by atoms with Gasteiger partial charge in [-0.3, -0.25) is 0 Å². The second-order valence-corrected chi connectivity index (χ2v) is 7.97. The van der Waals surface area contributed by atoms with E-state index in [1.807, 2.05) is 18.2 Å². The first-order valence-electron chi connectivity index (χ1n) is 9.99. The van der Waals surface area contributed by atoms with E-state index < -0.39 is 28.4 Å². The fourth-order valence-electron chi connectivity index (χ4n) is 3.03. The standard InChI is InChI=1S/C12H6ClF4NO2.C11H14O3/c1-2-4-3-5-10(19-5)8(14)6(4)9-7(13)11(20-18-9)12(15,16)17;1-11(2,10(12)13-3)14-9-7-5-4-6-8-9/h3H,2H2,1H3;4-8H,1-3H3. The molecular formula is C23H20ClF4NO5. The third kappa shape index (κ3) is 5.27. The SMILES string of the molecule is CCc1cc2c(c(F)c1-c1noc(C(F)(F)F)c1Cl)O2.COC(=O)C(C)(C)Oc1ccccc1. The molecule has 6 nitrogen and oxygen atoms in total. The molecule has 11 heteroatoms. The summed E-state index contributed by atoms with van der Waals surface area (Å²) in [6.07, 6.45) is -4.40. The van der Waals surface area contributed by atoms with Gasteiger partial charge in [-0.05, 0) is 44.0 Å². The fraction of sp³-hybridized carbons (Fsp3) is 0.304. The molecule has 0 N–H and O–H groups in total. The van der Waals surface area contributed by atoms with Crippen molar-refractivity contribution in [2.45, 2.75) is 39.0 Å². The van der Waals surface area contributed by atoms with Crippen LogP contribution in [-0.2, 0) is 22.1 Å². The van der Waals surface area contributed by atoms with Crippen LogP contribution < -0.4 is 9.47 Å². The van der Waals surface area contributed by atoms with E-state index in [0.717, 1.165) is 0 Å². The number of methoxy groups -OCH3 is 1. The zero-order chi connectivity index (χ0) is 25.3. The van der Waals surface area contributed by atoms with Crippen molar-refractivity contribution in [3.05, 3.63) is 58.6 Å². The van der Waals surface area contributed by atoms with Crippen LogP contribution in [0.4, 0.5) is 17.6 Å². The summed E-state index contributed by atoms with van der Waals surface area (Å²) in [4.78, 5) is 11.3. The van der Waals surface area contributed by atoms with Crippen LogP contribution in [0.2, 0.25) is 5.02 Å². The number of hydrogen-bond acceptors (Lipinski definition) is 6. The van der Waals surface area contributed by atoms with Crippen molar-refractivity contribution in [1.29, 1.82) is 0 Å². The Hall–Kier alpha value is -3.27. The number of carbonyl (C=O) groups excluding carboxylic acids is 1. The van der Waals surface area contributed by atoms with Gasteiger partial charge in [-0.2, -0.15) is 13.2 Å². The number of esters is 1. The summed E-state index contributed by atoms with van der Waals surface area (Å²) in [5.41, 5.74) is -0.988. The van der Waals surface area contributed by atoms with Crippen LogP contribution in [0.25, 0.3) is 11.3 Å². The molecule has 1 aromatic heterocycles. The summed E-state index contributed by atoms with van der Waals surface area (Å²) in [5, 5.41) is 2.51. The highest BCUT2D eigenvalue weighted by molar-refractivity contribution is 6.33. The molecule has 1 aliphatic heterocycles. The Morgan fingerprint density at radius 3 is 2.35 bits per heavy atom. The molecule has 0 saturated carbocycles. The molecule has 2 heterocycles. The van der Waals surface area contributed by atoms with E-state index in [0.29, 0.717) is 23.5 Å². The van der Waals surface area contributed by atoms with E-state index in [-0.39, 0.29) is 23.0 Å². The summed E-state index contributed by atoms with van der Waals surface area (Å²) in [5.74, 6) is -1.57. The van der Waals surface area contributed by atoms with Crippen LogP contribution in [0.15, 0.2) is 40.9 Å². The highest BCUT2D eigenvalue weighted by atomic mass is 35.5. The second-order valence-electron chi connectivity index (χ2n) is 7.60. The summed E-state index contributed by atoms with van der Waals surface area (Å²) in [6, 6.07) is 10.7. The lowest BCUT2D eigenvalue weighted by molar-refractivity contribution is -0.156. The lowest BCUT2D eigenvalue weighted by atomic mass is 10.0. The topological polar surface area (TPSA) is 74.1 Å². The minimum atomic E-state index is -4.79. The number of para-hydroxylation sites is 1. The van der Waals surface area contributed by atoms with Gasteiger partial charge in [0.1, 0.15) is 16.5 Å². The summed E-state index contributed by atoms with van der Waals surface area (Å²) in [6.45, 7) is 5.07. The smallest absolute Gasteiger partial charge is 0.453 e. The largest absolute Gasteiger partial charge is 0.476 e. The zero-order valence-electron chi connectivity index (χ0n) is 18.5. The van der Waals surface area contributed by atoms with Crippen LogP contribution >= 0.6 is 11.6 Å². The third-order valence-electron chi connectivity index (χ3n) is 4.74. The van der Waals surface area contributed by atoms with Gasteiger partial charge < -0.3 is 18.7 Å². The lowest BCUT2D eigenvalue weighted by Gasteiger charge is -2.23. The Morgan fingerprint density at radius 2 is 1.82 bits per heavy atom. The molecule has 182 valence electrons. The van der Waals surface area contributed by atoms with E-state index >= 15 is 0 Å². The molecule has 0 fully saturated rings. The number of fused-ring (bicyclic) bond motifs is 1. The number of aromatic nitrogens is 1. The molecular weight excluding hydrogens is 482 g/mol. The Labute approximate surface area is 197 Å². The van der Waals surface area contributed by atoms with Crippen LogP contribution in [0.1, 0.15) is 32.1 Å². The van der Waals surface area contributed by atoms with Gasteiger partial charge in [-0.15, -0.1) is 0 Å². The number of rotatable bonds is 5. The van der Waals surface area contributed by atoms with Crippen molar-refractivity contribution < 1.29 is 41.1 Å². The van der Waals surface area contributed by atoms with Crippen LogP contribution in [0, 0.1) is 5.82 Å². The van der Waals surface area contributed by atoms with Crippen LogP contribution in [0.5, 0.6) is 17.2 Å². The monoisotopic (exact) mass is 501 g/mol. The minimum Gasteiger partial charge on any atom is -0.476 e. The maximum atomic E-state index is 14.1. The van der Waals surface area contributed by atoms with Gasteiger partial charge in [0, 0.05) is 5.56 Å². The number of carbonyl (C=O) groups is 1. The van der Waals surface area contributed by atoms with Crippen molar-refractivity contribution in [2.24, 2.45) is 0 Å². The maximum absolute atomic E-state index is 14.1. The Balaban J connectivity index is 0.000000204. The minimum absolute atomic E-state index is 0.00447. The number of hydrogen-bond donors (Lipinski definition) is 0. The first-order chi connectivity index (χ1) is 15.9. The van der Waals surface area contributed by atoms with E-state index in [4.69, 9.17) is 21.1 Å². The average molecular weight is 502 g/mol. The quantitative estimate of drug-likeness (QED) is 0.169. The number of nitrogens with zero attached hydrogens (tertiary/aromatic N) is 1. The van der Waals surface area contributed by atoms with Gasteiger partial charge in [-0.25, -0.2) is 9.18 Å². The van der Waals surface area contributed by atoms with Gasteiger partial charge in [-0.1, -0.05) is 41.9 Å². The van der Waals surface area contributed by atoms with Gasteiger partial charge in [0.05, 0.1) is 7.11 Å². The number of aryl methyl sites for hydroxylation is 1. The van der Waals surface area contributed by atoms with Crippen molar-refractivity contribution >= 4 is 17.6 Å². The van der Waals surface area contributed by atoms with Gasteiger partial charge in [0.25, 0.3) is 5.76 Å². The molecule has 0 saturated heterocycles. The predicted octanol–water partition coefficient (Wildman–Crippen LogP) is 6.84. The fourth-order valence-corrected chi connectivity index (χ4v) is 3.30. The summed E-state index contributed by atoms with van der Waals surface area (Å²) < 4.78 is 71.2. The predicted molar refractivity (Wildman–Crippen MR) is 115 cm³/mol. The molecule has 3 aromatic rings. The van der Waals surface area contributed by atoms with Crippen molar-refractivity contribution in [3.8, 4) is 28.5 Å². The number of ether oxygens (including phenoxy) is 3. The molecule has 0 atom stereocenters. The Morgan fingerprint density at radius 1 is 1.18 bits per heavy atom. The molecule has 0 unspecified atom stereocenters. The van der Waals surface area contributed by atoms with E-state index in [1.54, 1.807) is 39.0 Å². The van der Waals surface area contributed by atoms with Crippen LogP contribution in [-0.4, -0.2) is 23.8 Å². The third-order valence-corrected chi connectivity index (χ3v) is 5.09. The van der Waals surface area contributed by atoms with Gasteiger partial charge >= 0.3 is 12.1 Å². The molecule has 0 aliphatic carbocycles. The van der Waals surface area contributed by atoms with Crippen molar-refractivity contribution in [2.75, 3.05) is 7.11 Å². The molecule has 4 rings (SSSR count). The van der Waals surface area contributed by atoms with Gasteiger partial charge in [0.15, 0.2) is 17.2 Å². The highest BCUT2D eigenvalue weighted by Crippen LogP contribution is 2.53. The van der Waals surface area contributed by atoms with Gasteiger partial charge in [0.2, 0.25) is 5.75 Å². The average Bonchev–Trinajstić information content (AvgIpc) is 3.47. The maximum Gasteiger partial charge on any atom is 0.453 e. The first kappa shape index (κ1) is 25.4. The second kappa shape index (κ2) is 9.54. The number of halogens is 5. The molecule has 34 heavy (non-hydrogen) atoms. The number of benzene rings is 2. The summed E-state index contributed by atoms with van der Waals surface area (Å²) >= 11 is 5.63. The number of alkyl halides is 3. The van der Waals surface area contributed by atoms with E-state index in [1.165, 1.54) is 7.11 Å². The molecule has 0 bridgehead atoms. The molecule has 0 spiro atoms. The van der Waals surface area contributed by atoms with E-state index in [9.17, 15) is 22.4 Å². The zero-order valence-corrected chi connectivity index (χ0v) is 19.3. The molecule has 2 aromatic carbocycles. The Kier molecular flexibility index (Phi) is 7.11. The van der Waals surface area contributed by atoms with Crippen molar-refractivity contribution in [3.63, 3.8) is 0 Å². The molecule has 1 aliphatic rings. The lowest BCUT2D eigenvalue weighted by Crippen LogP contribution is -2.39. The highest BCUT2D eigenvalue weighted by Gasteiger charge is 2.42. The molecule has 0 radical (unpaired) electrons. The van der Waals surface area contributed by atoms with Crippen molar-refractivity contribution in [1.82, 2.24) is 5.16 Å². The Bertz CT molecular complexity index is 1190. The first-order valence-corrected chi connectivity index (χ1v) is 10.4. The van der Waals surface area contributed by atoms with E-state index in [2.05, 4.69) is 14.4 Å². The summed E-state index contributed by atoms with van der Waals surface area (Å²) in [7, 11) is 1.35. The normalized spacial score (nSPS) is 12.1. The molecule has 0 amide bonds.